The number of hydrogen-bond donors (Lipinski definition) is 2. The third-order valence-corrected chi connectivity index (χ3v) is 20.7. The molecule has 0 amide bonds. The second-order valence-corrected chi connectivity index (χ2v) is 24.8. The quantitative estimate of drug-likeness (QED) is 0.198. The van der Waals surface area contributed by atoms with Crippen LogP contribution in [0.5, 0.6) is 0 Å². The van der Waals surface area contributed by atoms with Gasteiger partial charge in [0.2, 0.25) is 0 Å². The highest BCUT2D eigenvalue weighted by molar-refractivity contribution is 6.83. The van der Waals surface area contributed by atoms with Gasteiger partial charge in [-0.25, -0.2) is 4.79 Å². The van der Waals surface area contributed by atoms with Crippen molar-refractivity contribution < 1.29 is 23.9 Å². The fourth-order valence-corrected chi connectivity index (χ4v) is 8.76. The van der Waals surface area contributed by atoms with E-state index in [0.29, 0.717) is 11.1 Å². The van der Waals surface area contributed by atoms with Crippen LogP contribution in [0.3, 0.4) is 0 Å². The number of nitro groups is 1. The lowest BCUT2D eigenvalue weighted by atomic mass is 10.1. The summed E-state index contributed by atoms with van der Waals surface area (Å²) in [4.78, 5) is 28.0. The smallest absolute Gasteiger partial charge is 0.351 e. The van der Waals surface area contributed by atoms with Crippen LogP contribution in [0.25, 0.3) is 0 Å². The maximum Gasteiger partial charge on any atom is 0.351 e. The zero-order valence-electron chi connectivity index (χ0n) is 26.7. The summed E-state index contributed by atoms with van der Waals surface area (Å²) in [5.41, 5.74) is 6.31. The fourth-order valence-electron chi connectivity index (χ4n) is 4.82. The average Bonchev–Trinajstić information content (AvgIpc) is 3.20. The minimum atomic E-state index is -2.47. The van der Waals surface area contributed by atoms with Gasteiger partial charge in [0.25, 0.3) is 5.69 Å². The second-order valence-electron chi connectivity index (χ2n) is 14.4. The summed E-state index contributed by atoms with van der Waals surface area (Å²) >= 11 is 0. The number of hydrogen-bond acceptors (Lipinski definition) is 9. The van der Waals surface area contributed by atoms with Crippen LogP contribution in [0.4, 0.5) is 11.5 Å². The summed E-state index contributed by atoms with van der Waals surface area (Å²) < 4.78 is 20.2. The van der Waals surface area contributed by atoms with Gasteiger partial charge in [0.05, 0.1) is 43.6 Å². The number of aromatic nitrogens is 2. The molecule has 13 heteroatoms. The number of anilines is 1. The lowest BCUT2D eigenvalue weighted by molar-refractivity contribution is -0.386. The number of nitrogens with two attached hydrogens (primary N) is 1. The van der Waals surface area contributed by atoms with Crippen molar-refractivity contribution in [2.45, 2.75) is 115 Å². The van der Waals surface area contributed by atoms with Crippen molar-refractivity contribution in [3.8, 4) is 0 Å². The van der Waals surface area contributed by atoms with Crippen LogP contribution in [-0.4, -0.2) is 53.9 Å². The van der Waals surface area contributed by atoms with Gasteiger partial charge < -0.3 is 24.7 Å². The molecule has 0 bridgehead atoms. The van der Waals surface area contributed by atoms with Crippen LogP contribution in [0.2, 0.25) is 36.3 Å². The van der Waals surface area contributed by atoms with Crippen molar-refractivity contribution in [1.82, 2.24) is 9.55 Å². The molecule has 11 nitrogen and oxygen atoms in total. The van der Waals surface area contributed by atoms with Gasteiger partial charge in [-0.3, -0.25) is 14.7 Å². The van der Waals surface area contributed by atoms with Gasteiger partial charge in [0, 0.05) is 24.2 Å². The third-order valence-electron chi connectivity index (χ3n) is 9.77. The SMILES string of the molecule is CC(C)(C)[Si](C)(C)OC[C@H]1O[C@@H](n2cc(COCc3ccccc3[N+](=O)[O-])c(N)nc2=O)C[C@@]1(O)[Si](C)(C)C(C)(C)C. The molecular weight excluding hydrogens is 573 g/mol. The summed E-state index contributed by atoms with van der Waals surface area (Å²) in [5.74, 6) is 0.00859. The third kappa shape index (κ3) is 6.71. The average molecular weight is 621 g/mol. The zero-order valence-corrected chi connectivity index (χ0v) is 28.7. The maximum absolute atomic E-state index is 13.1. The molecule has 1 aromatic heterocycles. The fraction of sp³-hybridized carbons (Fsp3) is 0.655. The highest BCUT2D eigenvalue weighted by Crippen LogP contribution is 2.51. The van der Waals surface area contributed by atoms with Gasteiger partial charge in [-0.05, 0) is 29.2 Å². The van der Waals surface area contributed by atoms with Crippen LogP contribution in [0.15, 0.2) is 35.3 Å². The molecule has 3 rings (SSSR count). The van der Waals surface area contributed by atoms with Gasteiger partial charge in [-0.15, -0.1) is 0 Å². The number of nitro benzene ring substituents is 1. The summed E-state index contributed by atoms with van der Waals surface area (Å²) in [6.07, 6.45) is 0.335. The number of ether oxygens (including phenoxy) is 2. The summed E-state index contributed by atoms with van der Waals surface area (Å²) in [6, 6.07) is 6.34. The predicted octanol–water partition coefficient (Wildman–Crippen LogP) is 5.54. The van der Waals surface area contributed by atoms with Gasteiger partial charge in [0.15, 0.2) is 8.32 Å². The Morgan fingerprint density at radius 1 is 1.12 bits per heavy atom. The maximum atomic E-state index is 13.1. The summed E-state index contributed by atoms with van der Waals surface area (Å²) in [7, 11) is -4.62. The molecule has 0 spiro atoms. The predicted molar refractivity (Wildman–Crippen MR) is 168 cm³/mol. The highest BCUT2D eigenvalue weighted by atomic mass is 28.4. The van der Waals surface area contributed by atoms with E-state index in [9.17, 15) is 20.0 Å². The van der Waals surface area contributed by atoms with Crippen molar-refractivity contribution in [1.29, 1.82) is 0 Å². The molecule has 2 heterocycles. The Bertz CT molecular complexity index is 1350. The number of rotatable bonds is 10. The molecule has 0 unspecified atom stereocenters. The molecule has 0 saturated carbocycles. The highest BCUT2D eigenvalue weighted by Gasteiger charge is 2.62. The Morgan fingerprint density at radius 3 is 2.29 bits per heavy atom. The van der Waals surface area contributed by atoms with E-state index in [1.807, 2.05) is 0 Å². The zero-order chi connectivity index (χ0) is 31.9. The Hall–Kier alpha value is -2.43. The lowest BCUT2D eigenvalue weighted by Gasteiger charge is -2.49. The summed E-state index contributed by atoms with van der Waals surface area (Å²) in [6.45, 7) is 21.7. The Balaban J connectivity index is 1.91. The minimum Gasteiger partial charge on any atom is -0.414 e. The minimum absolute atomic E-state index is 0.00859. The number of nitrogens with zero attached hydrogens (tertiary/aromatic N) is 3. The normalized spacial score (nSPS) is 22.0. The van der Waals surface area contributed by atoms with Gasteiger partial charge >= 0.3 is 5.69 Å². The van der Waals surface area contributed by atoms with Crippen molar-refractivity contribution in [3.63, 3.8) is 0 Å². The van der Waals surface area contributed by atoms with Crippen molar-refractivity contribution in [3.05, 3.63) is 62.2 Å². The molecule has 1 aliphatic heterocycles. The van der Waals surface area contributed by atoms with E-state index in [4.69, 9.17) is 19.6 Å². The molecule has 2 aromatic rings. The first-order valence-electron chi connectivity index (χ1n) is 14.3. The molecule has 1 saturated heterocycles. The van der Waals surface area contributed by atoms with Crippen LogP contribution >= 0.6 is 0 Å². The number of nitrogen functional groups attached to an aromatic ring is 1. The molecule has 0 radical (unpaired) electrons. The molecular formula is C29H48N4O7Si2. The van der Waals surface area contributed by atoms with Crippen LogP contribution in [0.1, 0.15) is 65.3 Å². The van der Waals surface area contributed by atoms with Crippen LogP contribution in [-0.2, 0) is 27.1 Å². The monoisotopic (exact) mass is 620 g/mol. The molecule has 42 heavy (non-hydrogen) atoms. The van der Waals surface area contributed by atoms with E-state index in [0.717, 1.165) is 0 Å². The Kier molecular flexibility index (Phi) is 9.67. The number of benzene rings is 1. The second kappa shape index (κ2) is 11.9. The first-order chi connectivity index (χ1) is 19.1. The van der Waals surface area contributed by atoms with E-state index in [2.05, 4.69) is 72.7 Å². The molecule has 3 atom stereocenters. The number of aliphatic hydroxyl groups is 1. The molecule has 0 aliphatic carbocycles. The van der Waals surface area contributed by atoms with E-state index in [1.165, 1.54) is 10.6 Å². The Morgan fingerprint density at radius 2 is 1.71 bits per heavy atom. The molecule has 3 N–H and O–H groups in total. The van der Waals surface area contributed by atoms with E-state index >= 15 is 0 Å². The summed E-state index contributed by atoms with van der Waals surface area (Å²) in [5, 5.41) is 22.4. The molecule has 1 aliphatic rings. The largest absolute Gasteiger partial charge is 0.414 e. The van der Waals surface area contributed by atoms with E-state index in [-0.39, 0.29) is 47.8 Å². The first kappa shape index (κ1) is 34.1. The van der Waals surface area contributed by atoms with Gasteiger partial charge in [-0.1, -0.05) is 66.8 Å². The van der Waals surface area contributed by atoms with Gasteiger partial charge in [0.1, 0.15) is 18.1 Å². The molecule has 1 fully saturated rings. The Labute approximate surface area is 250 Å². The van der Waals surface area contributed by atoms with E-state index in [1.54, 1.807) is 24.4 Å². The van der Waals surface area contributed by atoms with E-state index < -0.39 is 44.6 Å². The number of para-hydroxylation sites is 1. The van der Waals surface area contributed by atoms with Crippen LogP contribution in [0, 0.1) is 10.1 Å². The molecule has 1 aromatic carbocycles. The first-order valence-corrected chi connectivity index (χ1v) is 20.2. The van der Waals surface area contributed by atoms with Crippen molar-refractivity contribution >= 4 is 27.9 Å². The topological polar surface area (TPSA) is 152 Å². The molecule has 234 valence electrons. The van der Waals surface area contributed by atoms with Crippen molar-refractivity contribution in [2.75, 3.05) is 12.3 Å². The van der Waals surface area contributed by atoms with Crippen LogP contribution < -0.4 is 11.4 Å². The van der Waals surface area contributed by atoms with Gasteiger partial charge in [-0.2, -0.15) is 4.98 Å². The standard InChI is InChI=1S/C29H48N4O7Si2/c1-27(2,3)41(7,8)29(35)15-24(40-23(29)19-39-42(9,10)28(4,5)6)32-16-21(25(30)31-26(32)34)18-38-17-20-13-11-12-14-22(20)33(36)37/h11-14,16,23-24,35H,15,17-19H2,1-10H3,(H2,30,31,34)/t23-,24-,29-/m1/s1. The van der Waals surface area contributed by atoms with Crippen molar-refractivity contribution in [2.24, 2.45) is 0 Å². The lowest BCUT2D eigenvalue weighted by Crippen LogP contribution is -2.65.